The van der Waals surface area contributed by atoms with Crippen LogP contribution in [0.5, 0.6) is 0 Å². The van der Waals surface area contributed by atoms with Crippen LogP contribution in [0.3, 0.4) is 0 Å². The van der Waals surface area contributed by atoms with Crippen molar-refractivity contribution in [2.24, 2.45) is 0 Å². The van der Waals surface area contributed by atoms with E-state index in [4.69, 9.17) is 4.74 Å². The molecule has 0 aliphatic rings. The second kappa shape index (κ2) is 9.44. The van der Waals surface area contributed by atoms with E-state index in [0.717, 1.165) is 27.7 Å². The Labute approximate surface area is 183 Å². The molecule has 7 nitrogen and oxygen atoms in total. The van der Waals surface area contributed by atoms with Crippen molar-refractivity contribution in [3.05, 3.63) is 71.7 Å². The minimum Gasteiger partial charge on any atom is -0.450 e. The predicted octanol–water partition coefficient (Wildman–Crippen LogP) is 4.59. The van der Waals surface area contributed by atoms with Crippen LogP contribution in [0.15, 0.2) is 66.2 Å². The molecular formula is C23H22N4O3S. The molecule has 4 rings (SSSR count). The van der Waals surface area contributed by atoms with E-state index in [1.165, 1.54) is 11.3 Å². The minimum atomic E-state index is -0.817. The molecule has 8 heteroatoms. The Morgan fingerprint density at radius 3 is 2.71 bits per heavy atom. The van der Waals surface area contributed by atoms with E-state index < -0.39 is 12.1 Å². The van der Waals surface area contributed by atoms with E-state index in [2.05, 4.69) is 20.6 Å². The average Bonchev–Trinajstić information content (AvgIpc) is 3.41. The summed E-state index contributed by atoms with van der Waals surface area (Å²) >= 11 is 1.34. The second-order valence-electron chi connectivity index (χ2n) is 6.87. The Kier molecular flexibility index (Phi) is 6.28. The molecule has 4 aromatic rings. The van der Waals surface area contributed by atoms with Crippen molar-refractivity contribution in [2.75, 3.05) is 11.9 Å². The van der Waals surface area contributed by atoms with Gasteiger partial charge in [-0.15, -0.1) is 11.3 Å². The molecule has 31 heavy (non-hydrogen) atoms. The zero-order chi connectivity index (χ0) is 21.6. The van der Waals surface area contributed by atoms with Crippen molar-refractivity contribution in [1.29, 1.82) is 0 Å². The van der Waals surface area contributed by atoms with Gasteiger partial charge in [0.25, 0.3) is 0 Å². The van der Waals surface area contributed by atoms with Crippen LogP contribution in [-0.4, -0.2) is 34.6 Å². The second-order valence-corrected chi connectivity index (χ2v) is 7.73. The number of carbonyl (C=O) groups excluding carboxylic acids is 2. The molecule has 0 aliphatic heterocycles. The molecule has 0 fully saturated rings. The highest BCUT2D eigenvalue weighted by atomic mass is 32.1. The first-order chi connectivity index (χ1) is 15.1. The van der Waals surface area contributed by atoms with Crippen molar-refractivity contribution < 1.29 is 14.3 Å². The van der Waals surface area contributed by atoms with Gasteiger partial charge in [-0.1, -0.05) is 48.5 Å². The van der Waals surface area contributed by atoms with Gasteiger partial charge in [0.15, 0.2) is 5.13 Å². The summed E-state index contributed by atoms with van der Waals surface area (Å²) in [4.78, 5) is 32.8. The number of nitrogens with one attached hydrogen (secondary N) is 3. The summed E-state index contributed by atoms with van der Waals surface area (Å²) in [5, 5.41) is 8.86. The van der Waals surface area contributed by atoms with Crippen molar-refractivity contribution in [3.8, 4) is 11.3 Å². The molecule has 0 spiro atoms. The predicted molar refractivity (Wildman–Crippen MR) is 122 cm³/mol. The van der Waals surface area contributed by atoms with Crippen LogP contribution in [0.2, 0.25) is 0 Å². The summed E-state index contributed by atoms with van der Waals surface area (Å²) < 4.78 is 4.99. The molecule has 2 aromatic carbocycles. The van der Waals surface area contributed by atoms with Crippen LogP contribution in [0.4, 0.5) is 9.93 Å². The molecule has 0 aliphatic carbocycles. The smallest absolute Gasteiger partial charge is 0.407 e. The number of aromatic amines is 1. The van der Waals surface area contributed by atoms with Crippen LogP contribution in [0.1, 0.15) is 12.5 Å². The number of ether oxygens (including phenoxy) is 1. The summed E-state index contributed by atoms with van der Waals surface area (Å²) in [5.41, 5.74) is 3.66. The van der Waals surface area contributed by atoms with E-state index in [-0.39, 0.29) is 12.5 Å². The highest BCUT2D eigenvalue weighted by Crippen LogP contribution is 2.25. The lowest BCUT2D eigenvalue weighted by molar-refractivity contribution is -0.118. The van der Waals surface area contributed by atoms with Gasteiger partial charge in [0.2, 0.25) is 5.91 Å². The lowest BCUT2D eigenvalue weighted by atomic mass is 10.0. The third-order valence-electron chi connectivity index (χ3n) is 4.79. The van der Waals surface area contributed by atoms with Crippen LogP contribution < -0.4 is 10.6 Å². The molecule has 0 unspecified atom stereocenters. The number of hydrogen-bond acceptors (Lipinski definition) is 5. The number of thiazole rings is 1. The number of fused-ring (bicyclic) bond motifs is 1. The SMILES string of the molecule is CCOC(=O)N[C@H](Cc1c[nH]c2ccccc12)C(=O)Nc1nc(-c2ccccc2)cs1. The molecule has 0 radical (unpaired) electrons. The lowest BCUT2D eigenvalue weighted by Gasteiger charge is -2.17. The van der Waals surface area contributed by atoms with E-state index in [0.29, 0.717) is 11.6 Å². The summed E-state index contributed by atoms with van der Waals surface area (Å²) in [6.07, 6.45) is 1.53. The fourth-order valence-electron chi connectivity index (χ4n) is 3.31. The molecule has 1 atom stereocenters. The van der Waals surface area contributed by atoms with Gasteiger partial charge >= 0.3 is 6.09 Å². The van der Waals surface area contributed by atoms with E-state index in [1.807, 2.05) is 66.2 Å². The zero-order valence-corrected chi connectivity index (χ0v) is 17.7. The van der Waals surface area contributed by atoms with Gasteiger partial charge in [-0.05, 0) is 18.6 Å². The summed E-state index contributed by atoms with van der Waals surface area (Å²) in [6, 6.07) is 16.7. The number of benzene rings is 2. The Morgan fingerprint density at radius 1 is 1.13 bits per heavy atom. The topological polar surface area (TPSA) is 96.1 Å². The highest BCUT2D eigenvalue weighted by Gasteiger charge is 2.24. The molecule has 2 aromatic heterocycles. The van der Waals surface area contributed by atoms with E-state index in [1.54, 1.807) is 6.92 Å². The molecule has 2 amide bonds. The molecule has 0 bridgehead atoms. The minimum absolute atomic E-state index is 0.222. The number of H-pyrrole nitrogens is 1. The van der Waals surface area contributed by atoms with Crippen LogP contribution in [-0.2, 0) is 16.0 Å². The van der Waals surface area contributed by atoms with Crippen molar-refractivity contribution >= 4 is 39.4 Å². The number of amides is 2. The monoisotopic (exact) mass is 434 g/mol. The number of alkyl carbamates (subject to hydrolysis) is 1. The van der Waals surface area contributed by atoms with Gasteiger partial charge in [-0.2, -0.15) is 0 Å². The maximum atomic E-state index is 13.0. The summed E-state index contributed by atoms with van der Waals surface area (Å²) in [5.74, 6) is -0.354. The lowest BCUT2D eigenvalue weighted by Crippen LogP contribution is -2.45. The molecule has 3 N–H and O–H groups in total. The third kappa shape index (κ3) is 4.92. The molecule has 2 heterocycles. The maximum absolute atomic E-state index is 13.0. The molecule has 0 saturated carbocycles. The quantitative estimate of drug-likeness (QED) is 0.396. The van der Waals surface area contributed by atoms with Gasteiger partial charge in [0.05, 0.1) is 12.3 Å². The highest BCUT2D eigenvalue weighted by molar-refractivity contribution is 7.14. The zero-order valence-electron chi connectivity index (χ0n) is 16.9. The van der Waals surface area contributed by atoms with Crippen LogP contribution >= 0.6 is 11.3 Å². The van der Waals surface area contributed by atoms with Gasteiger partial charge in [-0.25, -0.2) is 9.78 Å². The number of rotatable bonds is 7. The molecule has 158 valence electrons. The fraction of sp³-hybridized carbons (Fsp3) is 0.174. The van der Waals surface area contributed by atoms with E-state index in [9.17, 15) is 9.59 Å². The first-order valence-corrected chi connectivity index (χ1v) is 10.8. The van der Waals surface area contributed by atoms with Gasteiger partial charge in [-0.3, -0.25) is 4.79 Å². The van der Waals surface area contributed by atoms with Crippen molar-refractivity contribution in [1.82, 2.24) is 15.3 Å². The van der Waals surface area contributed by atoms with Crippen molar-refractivity contribution in [3.63, 3.8) is 0 Å². The largest absolute Gasteiger partial charge is 0.450 e. The number of nitrogens with zero attached hydrogens (tertiary/aromatic N) is 1. The Balaban J connectivity index is 1.52. The number of hydrogen-bond donors (Lipinski definition) is 3. The normalized spacial score (nSPS) is 11.8. The van der Waals surface area contributed by atoms with Gasteiger partial charge < -0.3 is 20.4 Å². The molecule has 0 saturated heterocycles. The average molecular weight is 435 g/mol. The van der Waals surface area contributed by atoms with Crippen LogP contribution in [0, 0.1) is 0 Å². The molecular weight excluding hydrogens is 412 g/mol. The Bertz CT molecular complexity index is 1190. The number of aromatic nitrogens is 2. The Morgan fingerprint density at radius 2 is 1.90 bits per heavy atom. The number of para-hydroxylation sites is 1. The first-order valence-electron chi connectivity index (χ1n) is 9.94. The maximum Gasteiger partial charge on any atom is 0.407 e. The number of anilines is 1. The fourth-order valence-corrected chi connectivity index (χ4v) is 4.03. The third-order valence-corrected chi connectivity index (χ3v) is 5.54. The van der Waals surface area contributed by atoms with Crippen LogP contribution in [0.25, 0.3) is 22.2 Å². The summed E-state index contributed by atoms with van der Waals surface area (Å²) in [6.45, 7) is 1.94. The Hall–Kier alpha value is -3.65. The standard InChI is InChI=1S/C23H22N4O3S/c1-2-30-23(29)26-19(12-16-13-24-18-11-7-6-10-17(16)18)21(28)27-22-25-20(14-31-22)15-8-4-3-5-9-15/h3-11,13-14,19,24H,2,12H2,1H3,(H,26,29)(H,25,27,28)/t19-/m1/s1. The van der Waals surface area contributed by atoms with Gasteiger partial charge in [0, 0.05) is 34.5 Å². The summed E-state index contributed by atoms with van der Waals surface area (Å²) in [7, 11) is 0. The van der Waals surface area contributed by atoms with Crippen molar-refractivity contribution in [2.45, 2.75) is 19.4 Å². The first kappa shape index (κ1) is 20.6. The van der Waals surface area contributed by atoms with E-state index >= 15 is 0 Å². The van der Waals surface area contributed by atoms with Gasteiger partial charge in [0.1, 0.15) is 6.04 Å². The number of carbonyl (C=O) groups is 2.